The van der Waals surface area contributed by atoms with E-state index in [4.69, 9.17) is 0 Å². The van der Waals surface area contributed by atoms with Crippen LogP contribution in [0.1, 0.15) is 44.5 Å². The van der Waals surface area contributed by atoms with Crippen molar-refractivity contribution in [1.29, 1.82) is 0 Å². The van der Waals surface area contributed by atoms with Crippen LogP contribution in [0.5, 0.6) is 0 Å². The molecule has 0 saturated carbocycles. The number of hydrogen-bond donors (Lipinski definition) is 0. The topological polar surface area (TPSA) is 0 Å². The van der Waals surface area contributed by atoms with Crippen LogP contribution in [0, 0.1) is 55.4 Å². The average Bonchev–Trinajstić information content (AvgIpc) is 3.93. The average molecular weight is 1120 g/mol. The molecule has 0 aliphatic heterocycles. The van der Waals surface area contributed by atoms with Gasteiger partial charge in [0.1, 0.15) is 0 Å². The molecule has 0 N–H and O–H groups in total. The zero-order valence-corrected chi connectivity index (χ0v) is 45.0. The molecule has 8 rings (SSSR count). The molecule has 0 bridgehead atoms. The van der Waals surface area contributed by atoms with Crippen molar-refractivity contribution in [3.63, 3.8) is 0 Å². The summed E-state index contributed by atoms with van der Waals surface area (Å²) in [5.41, 5.74) is 11.0. The summed E-state index contributed by atoms with van der Waals surface area (Å²) < 4.78 is 0. The van der Waals surface area contributed by atoms with Gasteiger partial charge in [-0.3, -0.25) is 0 Å². The minimum absolute atomic E-state index is 0. The van der Waals surface area contributed by atoms with E-state index < -0.39 is 0 Å². The molecule has 0 fully saturated rings. The van der Waals surface area contributed by atoms with Gasteiger partial charge in [0, 0.05) is 70.7 Å². The normalized spacial score (nSPS) is 9.41. The summed E-state index contributed by atoms with van der Waals surface area (Å²) in [6.45, 7) is 25.8. The fourth-order valence-electron chi connectivity index (χ4n) is 6.15. The summed E-state index contributed by atoms with van der Waals surface area (Å²) in [5, 5.41) is 11.1. The van der Waals surface area contributed by atoms with Crippen molar-refractivity contribution in [2.75, 3.05) is 0 Å². The van der Waals surface area contributed by atoms with Crippen LogP contribution in [-0.2, 0) is 51.7 Å². The Morgan fingerprint density at radius 2 is 0.444 bits per heavy atom. The Kier molecular flexibility index (Phi) is 27.7. The van der Waals surface area contributed by atoms with E-state index in [2.05, 4.69) is 203 Å². The van der Waals surface area contributed by atoms with Crippen molar-refractivity contribution in [2.24, 2.45) is 0 Å². The fraction of sp³-hybridized carbons (Fsp3) is 0.250. The van der Waals surface area contributed by atoms with Crippen molar-refractivity contribution >= 4 is 62.1 Å². The molecule has 0 heterocycles. The van der Waals surface area contributed by atoms with E-state index in [0.29, 0.717) is 0 Å². The van der Waals surface area contributed by atoms with Crippen LogP contribution in [0.15, 0.2) is 121 Å². The summed E-state index contributed by atoms with van der Waals surface area (Å²) >= 11 is 0. The predicted octanol–water partition coefficient (Wildman–Crippen LogP) is 8.28. The van der Waals surface area contributed by atoms with Crippen molar-refractivity contribution in [2.45, 2.75) is 81.6 Å². The Balaban J connectivity index is 0. The molecule has 0 nitrogen and oxygen atoms in total. The summed E-state index contributed by atoms with van der Waals surface area (Å²) in [6.07, 6.45) is 0. The first-order valence-electron chi connectivity index (χ1n) is 17.6. The molecule has 8 aromatic rings. The first kappa shape index (κ1) is 54.2. The summed E-state index contributed by atoms with van der Waals surface area (Å²) in [5.74, 6) is 0. The predicted molar refractivity (Wildman–Crippen MR) is 231 cm³/mol. The Labute approximate surface area is 382 Å². The molecule has 8 aromatic carbocycles. The van der Waals surface area contributed by atoms with Gasteiger partial charge in [-0.05, 0) is 27.7 Å². The number of aryl methyl sites for hydroxylation is 8. The largest absolute Gasteiger partial charge is 1.00 e. The minimum Gasteiger partial charge on any atom is -1.00 e. The van der Waals surface area contributed by atoms with E-state index in [0.717, 1.165) is 19.0 Å². The molecule has 4 radical (unpaired) electrons. The zero-order chi connectivity index (χ0) is 36.8. The van der Waals surface area contributed by atoms with Crippen molar-refractivity contribution in [3.8, 4) is 0 Å². The third-order valence-corrected chi connectivity index (χ3v) is 9.00. The van der Waals surface area contributed by atoms with Gasteiger partial charge in [0.15, 0.2) is 0 Å². The van der Waals surface area contributed by atoms with E-state index in [1.165, 1.54) is 87.6 Å². The SMILES string of the molecule is C[Si]C.C[Si]C.Cc1ccc(C)c2[cH-]ccc12.Cc1ccc(C)c2[cH-]ccc12.Cc1ccc(C)c2[cH-]ccc12.Cc1ccc(C)c2[cH-]ccc12.[Cl-].[Cl-].[Hf].[Hf]. The molecule has 0 spiro atoms. The molecule has 0 aromatic heterocycles. The standard InChI is InChI=1S/4C11H11.2C2H6Si.2ClH.2Hf/c4*1-8-6-7-9(2)11-5-3-4-10(8)11;2*1-3-2;;;;/h4*3-7H,1-2H3;2*1-2H3;2*1H;;/q4*-1;;;;;;/p-2. The van der Waals surface area contributed by atoms with Gasteiger partial charge in [0.25, 0.3) is 0 Å². The van der Waals surface area contributed by atoms with Crippen molar-refractivity contribution in [3.05, 3.63) is 166 Å². The second-order valence-corrected chi connectivity index (χ2v) is 15.2. The van der Waals surface area contributed by atoms with Gasteiger partial charge in [-0.15, -0.1) is 114 Å². The van der Waals surface area contributed by atoms with Crippen LogP contribution >= 0.6 is 0 Å². The smallest absolute Gasteiger partial charge is 0.0307 e. The van der Waals surface area contributed by atoms with Gasteiger partial charge in [-0.25, -0.2) is 0 Å². The molecule has 0 amide bonds. The maximum Gasteiger partial charge on any atom is 0.0307 e. The molecule has 0 atom stereocenters. The molecule has 0 aliphatic carbocycles. The number of rotatable bonds is 0. The molecule has 284 valence electrons. The fourth-order valence-corrected chi connectivity index (χ4v) is 6.15. The van der Waals surface area contributed by atoms with Gasteiger partial charge in [-0.2, -0.15) is 48.5 Å². The molecular formula is C48H56Cl2Hf2Si2-6. The van der Waals surface area contributed by atoms with Crippen LogP contribution in [-0.4, -0.2) is 19.0 Å². The molecule has 54 heavy (non-hydrogen) atoms. The van der Waals surface area contributed by atoms with Crippen LogP contribution < -0.4 is 24.8 Å². The third-order valence-electron chi connectivity index (χ3n) is 9.00. The van der Waals surface area contributed by atoms with E-state index in [-0.39, 0.29) is 76.5 Å². The summed E-state index contributed by atoms with van der Waals surface area (Å²) in [7, 11) is 2.17. The van der Waals surface area contributed by atoms with E-state index in [1.807, 2.05) is 0 Å². The molecule has 0 aliphatic rings. The number of fused-ring (bicyclic) bond motifs is 4. The van der Waals surface area contributed by atoms with Crippen LogP contribution in [0.3, 0.4) is 0 Å². The summed E-state index contributed by atoms with van der Waals surface area (Å²) in [6, 6.07) is 43.3. The Morgan fingerprint density at radius 1 is 0.296 bits per heavy atom. The number of hydrogen-bond acceptors (Lipinski definition) is 0. The van der Waals surface area contributed by atoms with Gasteiger partial charge < -0.3 is 24.8 Å². The second kappa shape index (κ2) is 27.6. The van der Waals surface area contributed by atoms with Crippen molar-refractivity contribution < 1.29 is 76.5 Å². The van der Waals surface area contributed by atoms with Crippen LogP contribution in [0.4, 0.5) is 0 Å². The minimum atomic E-state index is 0. The number of benzene rings is 4. The van der Waals surface area contributed by atoms with Gasteiger partial charge in [0.05, 0.1) is 0 Å². The van der Waals surface area contributed by atoms with E-state index in [1.54, 1.807) is 0 Å². The van der Waals surface area contributed by atoms with Gasteiger partial charge >= 0.3 is 0 Å². The maximum absolute atomic E-state index is 2.18. The first-order chi connectivity index (χ1) is 24.0. The summed E-state index contributed by atoms with van der Waals surface area (Å²) in [4.78, 5) is 0. The monoisotopic (exact) mass is 1120 g/mol. The number of halogens is 2. The molecule has 6 heteroatoms. The van der Waals surface area contributed by atoms with E-state index >= 15 is 0 Å². The van der Waals surface area contributed by atoms with Crippen molar-refractivity contribution in [1.82, 2.24) is 0 Å². The van der Waals surface area contributed by atoms with Crippen LogP contribution in [0.2, 0.25) is 26.2 Å². The molecular weight excluding hydrogens is 1060 g/mol. The quantitative estimate of drug-likeness (QED) is 0.106. The van der Waals surface area contributed by atoms with E-state index in [9.17, 15) is 0 Å². The Hall–Kier alpha value is -1.93. The Bertz CT molecular complexity index is 1760. The molecule has 0 saturated heterocycles. The zero-order valence-electron chi connectivity index (χ0n) is 34.3. The first-order valence-corrected chi connectivity index (χ1v) is 21.6. The molecule has 0 unspecified atom stereocenters. The van der Waals surface area contributed by atoms with Crippen LogP contribution in [0.25, 0.3) is 43.1 Å². The second-order valence-electron chi connectivity index (χ2n) is 13.2. The third kappa shape index (κ3) is 14.9. The van der Waals surface area contributed by atoms with Gasteiger partial charge in [-0.1, -0.05) is 100 Å². The maximum atomic E-state index is 2.18. The van der Waals surface area contributed by atoms with Gasteiger partial charge in [0.2, 0.25) is 0 Å². The Morgan fingerprint density at radius 3 is 0.593 bits per heavy atom.